The number of fused-ring (bicyclic) bond motifs is 1. The molecule has 0 fully saturated rings. The van der Waals surface area contributed by atoms with Crippen molar-refractivity contribution < 1.29 is 22.5 Å². The van der Waals surface area contributed by atoms with Crippen LogP contribution in [0.5, 0.6) is 0 Å². The molecule has 0 saturated carbocycles. The molecule has 2 aromatic heterocycles. The number of rotatable bonds is 2. The second kappa shape index (κ2) is 4.97. The van der Waals surface area contributed by atoms with E-state index in [0.29, 0.717) is 6.20 Å². The molecule has 118 valence electrons. The van der Waals surface area contributed by atoms with Crippen molar-refractivity contribution >= 4 is 11.5 Å². The SMILES string of the molecule is O=[N+]([O-])c1cc(-c2cnc3nc(C(F)(F)F)cnn23)ccc1F. The van der Waals surface area contributed by atoms with Gasteiger partial charge in [-0.05, 0) is 12.1 Å². The Morgan fingerprint density at radius 3 is 2.61 bits per heavy atom. The molecule has 11 heteroatoms. The molecular formula is C12H5F4N5O2. The van der Waals surface area contributed by atoms with Gasteiger partial charge in [-0.1, -0.05) is 0 Å². The number of nitro benzene ring substituents is 1. The first-order valence-electron chi connectivity index (χ1n) is 5.99. The molecule has 2 heterocycles. The van der Waals surface area contributed by atoms with Crippen LogP contribution in [0.25, 0.3) is 17.0 Å². The Bertz CT molecular complexity index is 921. The lowest BCUT2D eigenvalue weighted by atomic mass is 10.1. The summed E-state index contributed by atoms with van der Waals surface area (Å²) in [6, 6.07) is 3.05. The van der Waals surface area contributed by atoms with Crippen molar-refractivity contribution in [3.8, 4) is 11.3 Å². The Morgan fingerprint density at radius 1 is 1.22 bits per heavy atom. The Hall–Kier alpha value is -3.11. The Kier molecular flexibility index (Phi) is 3.20. The van der Waals surface area contributed by atoms with Crippen LogP contribution in [-0.2, 0) is 6.18 Å². The fraction of sp³-hybridized carbons (Fsp3) is 0.0833. The Balaban J connectivity index is 2.15. The molecule has 0 atom stereocenters. The van der Waals surface area contributed by atoms with E-state index >= 15 is 0 Å². The normalized spacial score (nSPS) is 11.8. The van der Waals surface area contributed by atoms with E-state index < -0.39 is 28.3 Å². The highest BCUT2D eigenvalue weighted by atomic mass is 19.4. The molecule has 0 radical (unpaired) electrons. The van der Waals surface area contributed by atoms with Gasteiger partial charge in [0.2, 0.25) is 5.82 Å². The summed E-state index contributed by atoms with van der Waals surface area (Å²) in [5, 5.41) is 14.3. The zero-order valence-electron chi connectivity index (χ0n) is 11.0. The number of nitro groups is 1. The minimum atomic E-state index is -4.67. The lowest BCUT2D eigenvalue weighted by molar-refractivity contribution is -0.387. The largest absolute Gasteiger partial charge is 0.435 e. The molecule has 0 amide bonds. The minimum absolute atomic E-state index is 0.143. The molecule has 3 rings (SSSR count). The molecule has 1 aromatic carbocycles. The molecule has 0 aliphatic rings. The predicted molar refractivity (Wildman–Crippen MR) is 67.8 cm³/mol. The van der Waals surface area contributed by atoms with Crippen molar-refractivity contribution in [3.63, 3.8) is 0 Å². The third kappa shape index (κ3) is 2.56. The number of nitrogens with zero attached hydrogens (tertiary/aromatic N) is 5. The average Bonchev–Trinajstić information content (AvgIpc) is 2.89. The first-order valence-corrected chi connectivity index (χ1v) is 5.99. The number of halogens is 4. The summed E-state index contributed by atoms with van der Waals surface area (Å²) in [5.41, 5.74) is -1.67. The lowest BCUT2D eigenvalue weighted by Gasteiger charge is -2.05. The summed E-state index contributed by atoms with van der Waals surface area (Å²) in [4.78, 5) is 16.9. The van der Waals surface area contributed by atoms with Crippen LogP contribution in [0.15, 0.2) is 30.6 Å². The number of benzene rings is 1. The van der Waals surface area contributed by atoms with Crippen molar-refractivity contribution in [1.29, 1.82) is 0 Å². The van der Waals surface area contributed by atoms with Gasteiger partial charge in [0, 0.05) is 11.6 Å². The van der Waals surface area contributed by atoms with Crippen LogP contribution in [-0.4, -0.2) is 24.5 Å². The van der Waals surface area contributed by atoms with Gasteiger partial charge >= 0.3 is 11.9 Å². The van der Waals surface area contributed by atoms with E-state index in [1.807, 2.05) is 0 Å². The molecule has 0 saturated heterocycles. The quantitative estimate of drug-likeness (QED) is 0.410. The summed E-state index contributed by atoms with van der Waals surface area (Å²) in [6.07, 6.45) is -3.02. The van der Waals surface area contributed by atoms with Gasteiger partial charge in [0.05, 0.1) is 23.0 Å². The van der Waals surface area contributed by atoms with Gasteiger partial charge in [-0.2, -0.15) is 27.2 Å². The van der Waals surface area contributed by atoms with E-state index in [0.717, 1.165) is 22.8 Å². The summed E-state index contributed by atoms with van der Waals surface area (Å²) < 4.78 is 52.0. The molecule has 7 nitrogen and oxygen atoms in total. The van der Waals surface area contributed by atoms with Crippen LogP contribution in [0.2, 0.25) is 0 Å². The number of imidazole rings is 1. The second-order valence-electron chi connectivity index (χ2n) is 4.42. The van der Waals surface area contributed by atoms with Crippen molar-refractivity contribution in [2.24, 2.45) is 0 Å². The monoisotopic (exact) mass is 327 g/mol. The molecule has 0 N–H and O–H groups in total. The molecule has 0 bridgehead atoms. The number of hydrogen-bond donors (Lipinski definition) is 0. The van der Waals surface area contributed by atoms with Crippen molar-refractivity contribution in [2.45, 2.75) is 6.18 Å². The highest BCUT2D eigenvalue weighted by molar-refractivity contribution is 5.64. The maximum Gasteiger partial charge on any atom is 0.435 e. The van der Waals surface area contributed by atoms with Crippen LogP contribution >= 0.6 is 0 Å². The zero-order valence-corrected chi connectivity index (χ0v) is 11.0. The second-order valence-corrected chi connectivity index (χ2v) is 4.42. The first-order chi connectivity index (χ1) is 10.8. The van der Waals surface area contributed by atoms with E-state index in [4.69, 9.17) is 0 Å². The molecule has 0 unspecified atom stereocenters. The van der Waals surface area contributed by atoms with Gasteiger partial charge < -0.3 is 0 Å². The Morgan fingerprint density at radius 2 is 1.96 bits per heavy atom. The molecule has 0 aliphatic carbocycles. The average molecular weight is 327 g/mol. The van der Waals surface area contributed by atoms with E-state index in [1.54, 1.807) is 0 Å². The summed E-state index contributed by atoms with van der Waals surface area (Å²) in [7, 11) is 0. The van der Waals surface area contributed by atoms with E-state index in [2.05, 4.69) is 15.1 Å². The van der Waals surface area contributed by atoms with Gasteiger partial charge in [0.15, 0.2) is 5.69 Å². The fourth-order valence-electron chi connectivity index (χ4n) is 1.92. The van der Waals surface area contributed by atoms with E-state index in [1.165, 1.54) is 6.07 Å². The van der Waals surface area contributed by atoms with Crippen molar-refractivity contribution in [1.82, 2.24) is 19.6 Å². The van der Waals surface area contributed by atoms with Crippen molar-refractivity contribution in [3.05, 3.63) is 52.2 Å². The van der Waals surface area contributed by atoms with Gasteiger partial charge in [0.25, 0.3) is 5.78 Å². The van der Waals surface area contributed by atoms with Gasteiger partial charge in [-0.3, -0.25) is 10.1 Å². The summed E-state index contributed by atoms with van der Waals surface area (Å²) in [6.45, 7) is 0. The van der Waals surface area contributed by atoms with E-state index in [9.17, 15) is 27.7 Å². The summed E-state index contributed by atoms with van der Waals surface area (Å²) in [5.74, 6) is -1.36. The predicted octanol–water partition coefficient (Wildman–Crippen LogP) is 2.86. The number of alkyl halides is 3. The molecule has 0 aliphatic heterocycles. The number of aromatic nitrogens is 4. The van der Waals surface area contributed by atoms with Crippen LogP contribution in [0.1, 0.15) is 5.69 Å². The highest BCUT2D eigenvalue weighted by Crippen LogP contribution is 2.29. The molecule has 23 heavy (non-hydrogen) atoms. The smallest absolute Gasteiger partial charge is 0.258 e. The molecule has 3 aromatic rings. The maximum atomic E-state index is 13.3. The van der Waals surface area contributed by atoms with Crippen LogP contribution in [0, 0.1) is 15.9 Å². The third-order valence-electron chi connectivity index (χ3n) is 2.96. The highest BCUT2D eigenvalue weighted by Gasteiger charge is 2.33. The van der Waals surface area contributed by atoms with Crippen LogP contribution < -0.4 is 0 Å². The van der Waals surface area contributed by atoms with Gasteiger partial charge in [-0.25, -0.2) is 9.97 Å². The summed E-state index contributed by atoms with van der Waals surface area (Å²) >= 11 is 0. The third-order valence-corrected chi connectivity index (χ3v) is 2.96. The Labute approximate surface area is 124 Å². The fourth-order valence-corrected chi connectivity index (χ4v) is 1.92. The van der Waals surface area contributed by atoms with E-state index in [-0.39, 0.29) is 17.0 Å². The zero-order chi connectivity index (χ0) is 16.8. The van der Waals surface area contributed by atoms with Gasteiger partial charge in [0.1, 0.15) is 0 Å². The lowest BCUT2D eigenvalue weighted by Crippen LogP contribution is -2.11. The minimum Gasteiger partial charge on any atom is -0.258 e. The van der Waals surface area contributed by atoms with Gasteiger partial charge in [-0.15, -0.1) is 0 Å². The van der Waals surface area contributed by atoms with Crippen LogP contribution in [0.3, 0.4) is 0 Å². The first kappa shape index (κ1) is 14.8. The maximum absolute atomic E-state index is 13.3. The molecule has 0 spiro atoms. The van der Waals surface area contributed by atoms with Crippen molar-refractivity contribution in [2.75, 3.05) is 0 Å². The number of hydrogen-bond acceptors (Lipinski definition) is 5. The molecular weight excluding hydrogens is 322 g/mol. The standard InChI is InChI=1S/C12H5F4N5O2/c13-7-2-1-6(3-8(7)21(22)23)9-4-17-11-19-10(12(14,15)16)5-18-20(9)11/h1-5H. The van der Waals surface area contributed by atoms with Crippen LogP contribution in [0.4, 0.5) is 23.2 Å². The topological polar surface area (TPSA) is 86.2 Å².